The monoisotopic (exact) mass is 486 g/mol. The van der Waals surface area contributed by atoms with Crippen molar-refractivity contribution in [3.8, 4) is 0 Å². The van der Waals surface area contributed by atoms with Crippen molar-refractivity contribution >= 4 is 49.3 Å². The molecule has 5 N–H and O–H groups in total. The highest BCUT2D eigenvalue weighted by Crippen LogP contribution is 2.40. The maximum Gasteiger partial charge on any atom is 0.333 e. The van der Waals surface area contributed by atoms with Gasteiger partial charge in [0.15, 0.2) is 0 Å². The molecule has 0 radical (unpaired) electrons. The summed E-state index contributed by atoms with van der Waals surface area (Å²) in [5.74, 6) is 0.600. The van der Waals surface area contributed by atoms with Crippen molar-refractivity contribution in [1.29, 1.82) is 0 Å². The number of ether oxygens (including phenoxy) is 1. The minimum absolute atomic E-state index is 0.494. The van der Waals surface area contributed by atoms with Crippen molar-refractivity contribution in [1.82, 2.24) is 9.97 Å². The molecule has 4 atom stereocenters. The largest absolute Gasteiger partial charge is 0.387 e. The highest BCUT2D eigenvalue weighted by atomic mass is 35.5. The van der Waals surface area contributed by atoms with Gasteiger partial charge in [-0.05, 0) is 23.1 Å². The molecule has 1 aliphatic heterocycles. The van der Waals surface area contributed by atoms with E-state index in [-0.39, 0.29) is 0 Å². The van der Waals surface area contributed by atoms with E-state index in [0.29, 0.717) is 28.5 Å². The third kappa shape index (κ3) is 4.96. The number of rotatable bonds is 7. The molecule has 4 rings (SSSR count). The van der Waals surface area contributed by atoms with Crippen molar-refractivity contribution in [2.75, 3.05) is 11.9 Å². The Morgan fingerprint density at radius 2 is 2.10 bits per heavy atom. The Labute approximate surface area is 186 Å². The zero-order valence-electron chi connectivity index (χ0n) is 15.9. The number of thiophene rings is 1. The number of nitrogens with zero attached hydrogens (tertiary/aromatic N) is 2. The number of anilines is 1. The molecule has 0 bridgehead atoms. The lowest BCUT2D eigenvalue weighted by Gasteiger charge is -2.14. The van der Waals surface area contributed by atoms with E-state index in [2.05, 4.69) is 19.5 Å². The third-order valence-corrected chi connectivity index (χ3v) is 6.49. The van der Waals surface area contributed by atoms with E-state index in [4.69, 9.17) is 21.5 Å². The summed E-state index contributed by atoms with van der Waals surface area (Å²) in [4.78, 5) is 8.60. The number of benzene rings is 1. The first-order valence-electron chi connectivity index (χ1n) is 9.12. The van der Waals surface area contributed by atoms with Crippen molar-refractivity contribution in [2.24, 2.45) is 5.14 Å². The van der Waals surface area contributed by atoms with Crippen LogP contribution in [0.5, 0.6) is 0 Å². The van der Waals surface area contributed by atoms with Gasteiger partial charge in [-0.1, -0.05) is 23.7 Å². The average Bonchev–Trinajstić information content (AvgIpc) is 3.26. The molecule has 31 heavy (non-hydrogen) atoms. The van der Waals surface area contributed by atoms with E-state index in [0.717, 1.165) is 10.3 Å². The molecule has 13 heteroatoms. The second kappa shape index (κ2) is 8.92. The lowest BCUT2D eigenvalue weighted by molar-refractivity contribution is -0.0151. The predicted molar refractivity (Wildman–Crippen MR) is 115 cm³/mol. The van der Waals surface area contributed by atoms with Gasteiger partial charge >= 0.3 is 10.3 Å². The lowest BCUT2D eigenvalue weighted by atomic mass is 10.0. The van der Waals surface area contributed by atoms with Gasteiger partial charge in [-0.2, -0.15) is 8.42 Å². The minimum atomic E-state index is -4.20. The van der Waals surface area contributed by atoms with E-state index in [1.54, 1.807) is 11.4 Å². The summed E-state index contributed by atoms with van der Waals surface area (Å²) in [7, 11) is -4.20. The Kier molecular flexibility index (Phi) is 6.42. The number of aliphatic hydroxyl groups is 2. The van der Waals surface area contributed by atoms with E-state index in [1.807, 2.05) is 18.2 Å². The van der Waals surface area contributed by atoms with E-state index in [9.17, 15) is 18.6 Å². The van der Waals surface area contributed by atoms with Crippen molar-refractivity contribution in [3.63, 3.8) is 0 Å². The third-order valence-electron chi connectivity index (χ3n) is 4.80. The zero-order valence-corrected chi connectivity index (χ0v) is 18.3. The number of aromatic nitrogens is 2. The number of hydrogen-bond donors (Lipinski definition) is 4. The molecule has 0 aliphatic carbocycles. The van der Waals surface area contributed by atoms with Crippen LogP contribution in [0.1, 0.15) is 17.2 Å². The van der Waals surface area contributed by atoms with Gasteiger partial charge in [0.2, 0.25) is 0 Å². The molecule has 0 saturated carbocycles. The fourth-order valence-corrected chi connectivity index (χ4v) is 4.88. The van der Waals surface area contributed by atoms with Crippen LogP contribution < -0.4 is 10.5 Å². The zero-order chi connectivity index (χ0) is 22.2. The Morgan fingerprint density at radius 1 is 1.29 bits per heavy atom. The number of hydrogen-bond acceptors (Lipinski definition) is 10. The SMILES string of the molecule is NS(=O)(=O)OC[C@H]1O[C@@H](c2csc3c(NCc4cccc(Cl)c4)ncnc23)[C@H](O)[C@@H]1O. The summed E-state index contributed by atoms with van der Waals surface area (Å²) >= 11 is 7.38. The van der Waals surface area contributed by atoms with Crippen molar-refractivity contribution < 1.29 is 27.6 Å². The van der Waals surface area contributed by atoms with Gasteiger partial charge in [-0.3, -0.25) is 4.18 Å². The Morgan fingerprint density at radius 3 is 2.84 bits per heavy atom. The van der Waals surface area contributed by atoms with Crippen LogP contribution in [0.2, 0.25) is 5.02 Å². The van der Waals surface area contributed by atoms with Crippen LogP contribution in [-0.4, -0.2) is 53.5 Å². The van der Waals surface area contributed by atoms with Crippen LogP contribution in [0.3, 0.4) is 0 Å². The predicted octanol–water partition coefficient (Wildman–Crippen LogP) is 1.34. The highest BCUT2D eigenvalue weighted by Gasteiger charge is 2.45. The Bertz CT molecular complexity index is 1190. The minimum Gasteiger partial charge on any atom is -0.387 e. The molecule has 3 heterocycles. The van der Waals surface area contributed by atoms with Crippen LogP contribution in [0.25, 0.3) is 10.2 Å². The smallest absolute Gasteiger partial charge is 0.333 e. The molecule has 2 aromatic heterocycles. The number of aliphatic hydroxyl groups excluding tert-OH is 2. The second-order valence-electron chi connectivity index (χ2n) is 6.93. The van der Waals surface area contributed by atoms with Crippen molar-refractivity contribution in [2.45, 2.75) is 31.0 Å². The van der Waals surface area contributed by atoms with E-state index < -0.39 is 41.3 Å². The molecule has 0 spiro atoms. The maximum absolute atomic E-state index is 11.0. The number of nitrogens with one attached hydrogen (secondary N) is 1. The summed E-state index contributed by atoms with van der Waals surface area (Å²) in [6, 6.07) is 7.44. The fourth-order valence-electron chi connectivity index (χ4n) is 3.34. The average molecular weight is 487 g/mol. The summed E-state index contributed by atoms with van der Waals surface area (Å²) in [6.07, 6.45) is -3.27. The fraction of sp³-hybridized carbons (Fsp3) is 0.333. The standard InChI is InChI=1S/C18H19ClN4O6S2/c19-10-3-1-2-9(4-10)5-21-18-17-13(22-8-23-18)11(7-30-17)16-15(25)14(24)12(29-16)6-28-31(20,26)27/h1-4,7-8,12,14-16,24-25H,5-6H2,(H2,20,26,27)(H,21,22,23)/t12-,14-,15-,16+/m1/s1. The molecular weight excluding hydrogens is 468 g/mol. The quantitative estimate of drug-likeness (QED) is 0.386. The first-order valence-corrected chi connectivity index (χ1v) is 11.8. The molecule has 1 saturated heterocycles. The van der Waals surface area contributed by atoms with Gasteiger partial charge in [0.1, 0.15) is 36.6 Å². The van der Waals surface area contributed by atoms with Crippen molar-refractivity contribution in [3.05, 3.63) is 52.1 Å². The summed E-state index contributed by atoms with van der Waals surface area (Å²) in [6.45, 7) is -0.0226. The van der Waals surface area contributed by atoms with Gasteiger partial charge < -0.3 is 20.3 Å². The highest BCUT2D eigenvalue weighted by molar-refractivity contribution is 7.84. The van der Waals surface area contributed by atoms with Crippen LogP contribution in [0.15, 0.2) is 36.0 Å². The first-order chi connectivity index (χ1) is 14.7. The van der Waals surface area contributed by atoms with Gasteiger partial charge in [0, 0.05) is 17.1 Å². The van der Waals surface area contributed by atoms with E-state index >= 15 is 0 Å². The maximum atomic E-state index is 11.0. The molecule has 166 valence electrons. The van der Waals surface area contributed by atoms with Crippen LogP contribution >= 0.6 is 22.9 Å². The number of halogens is 1. The normalized spacial score (nSPS) is 24.0. The number of nitrogens with two attached hydrogens (primary N) is 1. The molecule has 1 fully saturated rings. The lowest BCUT2D eigenvalue weighted by Crippen LogP contribution is -2.34. The molecule has 1 aliphatic rings. The summed E-state index contributed by atoms with van der Waals surface area (Å²) < 4.78 is 32.9. The summed E-state index contributed by atoms with van der Waals surface area (Å²) in [5, 5.41) is 31.2. The number of fused-ring (bicyclic) bond motifs is 1. The first kappa shape index (κ1) is 22.3. The molecule has 10 nitrogen and oxygen atoms in total. The molecule has 1 aromatic carbocycles. The van der Waals surface area contributed by atoms with Gasteiger partial charge in [-0.25, -0.2) is 15.1 Å². The molecule has 0 unspecified atom stereocenters. The van der Waals surface area contributed by atoms with Crippen LogP contribution in [0, 0.1) is 0 Å². The van der Waals surface area contributed by atoms with E-state index in [1.165, 1.54) is 17.7 Å². The Balaban J connectivity index is 1.54. The van der Waals surface area contributed by atoms with Gasteiger partial charge in [-0.15, -0.1) is 11.3 Å². The Hall–Kier alpha value is -1.90. The molecule has 0 amide bonds. The van der Waals surface area contributed by atoms with Crippen LogP contribution in [-0.2, 0) is 25.8 Å². The second-order valence-corrected chi connectivity index (χ2v) is 9.47. The summed E-state index contributed by atoms with van der Waals surface area (Å²) in [5.41, 5.74) is 2.09. The van der Waals surface area contributed by atoms with Gasteiger partial charge in [0.05, 0.1) is 16.8 Å². The molecule has 3 aromatic rings. The van der Waals surface area contributed by atoms with Crippen LogP contribution in [0.4, 0.5) is 5.82 Å². The van der Waals surface area contributed by atoms with Gasteiger partial charge in [0.25, 0.3) is 0 Å². The topological polar surface area (TPSA) is 157 Å². The molecular formula is C18H19ClN4O6S2.